The van der Waals surface area contributed by atoms with E-state index in [1.165, 1.54) is 6.92 Å². The van der Waals surface area contributed by atoms with Crippen LogP contribution in [0.25, 0.3) is 0 Å². The molecule has 0 fully saturated rings. The van der Waals surface area contributed by atoms with Gasteiger partial charge in [-0.25, -0.2) is 9.69 Å². The van der Waals surface area contributed by atoms with Crippen molar-refractivity contribution in [3.8, 4) is 0 Å². The van der Waals surface area contributed by atoms with Gasteiger partial charge in [0.15, 0.2) is 5.78 Å². The number of carbonyl (C=O) groups excluding carboxylic acids is 4. The fraction of sp³-hybridized carbons (Fsp3) is 0.364. The van der Waals surface area contributed by atoms with E-state index in [0.717, 1.165) is 4.90 Å². The van der Waals surface area contributed by atoms with Crippen molar-refractivity contribution in [3.63, 3.8) is 0 Å². The highest BCUT2D eigenvalue weighted by Crippen LogP contribution is 2.56. The summed E-state index contributed by atoms with van der Waals surface area (Å²) in [7, 11) is 0. The van der Waals surface area contributed by atoms with Gasteiger partial charge in [-0.2, -0.15) is 0 Å². The van der Waals surface area contributed by atoms with Crippen molar-refractivity contribution >= 4 is 29.3 Å². The topological polar surface area (TPSA) is 116 Å². The predicted octanol–water partition coefficient (Wildman–Crippen LogP) is 1.83. The molecule has 8 heteroatoms. The Morgan fingerprint density at radius 3 is 2.63 bits per heavy atom. The van der Waals surface area contributed by atoms with Gasteiger partial charge in [0.25, 0.3) is 5.91 Å². The summed E-state index contributed by atoms with van der Waals surface area (Å²) in [5.41, 5.74) is 4.75. The van der Waals surface area contributed by atoms with Crippen LogP contribution in [0.3, 0.4) is 0 Å². The van der Waals surface area contributed by atoms with Crippen LogP contribution in [0.15, 0.2) is 47.1 Å². The second-order valence-corrected chi connectivity index (χ2v) is 7.72. The minimum Gasteiger partial charge on any atom is -0.462 e. The highest BCUT2D eigenvalue weighted by molar-refractivity contribution is 6.30. The van der Waals surface area contributed by atoms with Gasteiger partial charge in [-0.15, -0.1) is 0 Å². The van der Waals surface area contributed by atoms with Gasteiger partial charge in [0.1, 0.15) is 16.7 Å². The maximum atomic E-state index is 13.9. The van der Waals surface area contributed by atoms with Crippen LogP contribution >= 0.6 is 0 Å². The summed E-state index contributed by atoms with van der Waals surface area (Å²) < 4.78 is 10.9. The first-order valence-electron chi connectivity index (χ1n) is 9.81. The lowest BCUT2D eigenvalue weighted by molar-refractivity contribution is -0.141. The summed E-state index contributed by atoms with van der Waals surface area (Å²) in [6.07, 6.45) is 0.574. The summed E-state index contributed by atoms with van der Waals surface area (Å²) in [4.78, 5) is 53.6. The molecular weight excluding hydrogens is 388 g/mol. The van der Waals surface area contributed by atoms with Crippen LogP contribution in [0.4, 0.5) is 5.69 Å². The molecule has 8 nitrogen and oxygen atoms in total. The molecule has 0 unspecified atom stereocenters. The number of para-hydroxylation sites is 1. The van der Waals surface area contributed by atoms with Gasteiger partial charge < -0.3 is 15.2 Å². The Balaban J connectivity index is 2.12. The first kappa shape index (κ1) is 19.9. The molecule has 2 amide bonds. The summed E-state index contributed by atoms with van der Waals surface area (Å²) in [6.45, 7) is 4.80. The number of imide groups is 1. The molecule has 156 valence electrons. The number of allylic oxidation sites excluding steroid dienone is 1. The molecule has 0 saturated carbocycles. The van der Waals surface area contributed by atoms with E-state index in [1.54, 1.807) is 31.2 Å². The normalized spacial score (nSPS) is 25.3. The highest BCUT2D eigenvalue weighted by Gasteiger charge is 2.64. The lowest BCUT2D eigenvalue weighted by Gasteiger charge is -2.39. The lowest BCUT2D eigenvalue weighted by atomic mass is 9.64. The summed E-state index contributed by atoms with van der Waals surface area (Å²) >= 11 is 0. The molecule has 0 saturated heterocycles. The predicted molar refractivity (Wildman–Crippen MR) is 106 cm³/mol. The Morgan fingerprint density at radius 1 is 1.27 bits per heavy atom. The van der Waals surface area contributed by atoms with Crippen molar-refractivity contribution in [1.82, 2.24) is 0 Å². The molecule has 1 aromatic rings. The van der Waals surface area contributed by atoms with Crippen LogP contribution in [0, 0.1) is 5.92 Å². The first-order chi connectivity index (χ1) is 14.2. The number of benzene rings is 1. The number of esters is 1. The first-order valence-corrected chi connectivity index (χ1v) is 9.81. The monoisotopic (exact) mass is 410 g/mol. The van der Waals surface area contributed by atoms with Crippen LogP contribution in [0.1, 0.15) is 39.2 Å². The summed E-state index contributed by atoms with van der Waals surface area (Å²) in [6, 6.07) is 6.59. The molecule has 1 aromatic carbocycles. The largest absolute Gasteiger partial charge is 0.462 e. The van der Waals surface area contributed by atoms with E-state index in [-0.39, 0.29) is 47.5 Å². The number of ether oxygens (including phenoxy) is 2. The van der Waals surface area contributed by atoms with Crippen molar-refractivity contribution in [3.05, 3.63) is 52.6 Å². The number of hydrogen-bond donors (Lipinski definition) is 1. The van der Waals surface area contributed by atoms with E-state index >= 15 is 0 Å². The molecule has 1 aliphatic carbocycles. The van der Waals surface area contributed by atoms with Gasteiger partial charge in [-0.3, -0.25) is 14.4 Å². The van der Waals surface area contributed by atoms with Gasteiger partial charge >= 0.3 is 5.97 Å². The van der Waals surface area contributed by atoms with Crippen molar-refractivity contribution in [2.24, 2.45) is 11.7 Å². The number of nitrogens with two attached hydrogens (primary N) is 1. The zero-order chi connectivity index (χ0) is 21.8. The maximum Gasteiger partial charge on any atom is 0.341 e. The molecule has 2 N–H and O–H groups in total. The molecule has 3 aliphatic rings. The number of fused-ring (bicyclic) bond motifs is 3. The standard InChI is InChI=1S/C22H22N2O6/c1-4-29-20(27)18-19(23)30-16-10-11(2)9-15(26)17(16)22(18)13-7-5-6-8-14(13)24(12(3)25)21(22)28/h5-8,11H,4,9-10,23H2,1-3H3/t11-,22+/m0/s1. The van der Waals surface area contributed by atoms with E-state index in [4.69, 9.17) is 15.2 Å². The molecule has 0 radical (unpaired) electrons. The van der Waals surface area contributed by atoms with Crippen LogP contribution in [-0.4, -0.2) is 30.2 Å². The number of amides is 2. The van der Waals surface area contributed by atoms with E-state index in [0.29, 0.717) is 17.7 Å². The molecule has 0 bridgehead atoms. The molecule has 30 heavy (non-hydrogen) atoms. The van der Waals surface area contributed by atoms with Gasteiger partial charge in [-0.1, -0.05) is 25.1 Å². The van der Waals surface area contributed by atoms with Gasteiger partial charge in [-0.05, 0) is 18.9 Å². The van der Waals surface area contributed by atoms with Crippen LogP contribution in [0.5, 0.6) is 0 Å². The van der Waals surface area contributed by atoms with Crippen LogP contribution < -0.4 is 10.6 Å². The van der Waals surface area contributed by atoms with Gasteiger partial charge in [0.05, 0.1) is 17.9 Å². The Labute approximate surface area is 173 Å². The Kier molecular flexibility index (Phi) is 4.52. The van der Waals surface area contributed by atoms with Gasteiger partial charge in [0.2, 0.25) is 11.8 Å². The van der Waals surface area contributed by atoms with Crippen LogP contribution in [0.2, 0.25) is 0 Å². The second-order valence-electron chi connectivity index (χ2n) is 7.72. The third-order valence-electron chi connectivity index (χ3n) is 5.72. The molecule has 2 atom stereocenters. The quantitative estimate of drug-likeness (QED) is 0.740. The second kappa shape index (κ2) is 6.83. The van der Waals surface area contributed by atoms with E-state index in [9.17, 15) is 19.2 Å². The number of Topliss-reactive ketones (excluding diaryl/α,β-unsaturated/α-hetero) is 1. The smallest absolute Gasteiger partial charge is 0.341 e. The SMILES string of the molecule is CCOC(=O)C1=C(N)OC2=C(C(=O)C[C@H](C)C2)[C@@]12C(=O)N(C(C)=O)c1ccccc12. The lowest BCUT2D eigenvalue weighted by Crippen LogP contribution is -2.52. The van der Waals surface area contributed by atoms with Crippen molar-refractivity contribution in [2.75, 3.05) is 11.5 Å². The van der Waals surface area contributed by atoms with Crippen molar-refractivity contribution in [2.45, 2.75) is 39.0 Å². The third-order valence-corrected chi connectivity index (χ3v) is 5.72. The minimum atomic E-state index is -1.87. The molecule has 4 rings (SSSR count). The summed E-state index contributed by atoms with van der Waals surface area (Å²) in [5.74, 6) is -2.47. The average molecular weight is 410 g/mol. The zero-order valence-corrected chi connectivity index (χ0v) is 17.0. The van der Waals surface area contributed by atoms with E-state index in [2.05, 4.69) is 0 Å². The highest BCUT2D eigenvalue weighted by atomic mass is 16.5. The van der Waals surface area contributed by atoms with E-state index < -0.39 is 23.2 Å². The fourth-order valence-corrected chi connectivity index (χ4v) is 4.70. The van der Waals surface area contributed by atoms with Crippen LogP contribution in [-0.2, 0) is 34.1 Å². The number of nitrogens with zero attached hydrogens (tertiary/aromatic N) is 1. The number of rotatable bonds is 2. The third kappa shape index (κ3) is 2.46. The Hall–Kier alpha value is -3.42. The molecule has 1 spiro atoms. The minimum absolute atomic E-state index is 0.0131. The van der Waals surface area contributed by atoms with Crippen molar-refractivity contribution in [1.29, 1.82) is 0 Å². The van der Waals surface area contributed by atoms with Crippen molar-refractivity contribution < 1.29 is 28.7 Å². The fourth-order valence-electron chi connectivity index (χ4n) is 4.70. The molecule has 2 heterocycles. The van der Waals surface area contributed by atoms with E-state index in [1.807, 2.05) is 6.92 Å². The number of carbonyl (C=O) groups is 4. The number of hydrogen-bond acceptors (Lipinski definition) is 7. The summed E-state index contributed by atoms with van der Waals surface area (Å²) in [5, 5.41) is 0. The average Bonchev–Trinajstić information content (AvgIpc) is 2.90. The Bertz CT molecular complexity index is 1070. The molecular formula is C22H22N2O6. The van der Waals surface area contributed by atoms with Gasteiger partial charge in [0, 0.05) is 25.3 Å². The Morgan fingerprint density at radius 2 is 1.97 bits per heavy atom. The maximum absolute atomic E-state index is 13.9. The molecule has 2 aliphatic heterocycles. The molecule has 0 aromatic heterocycles. The number of ketones is 1. The number of anilines is 1. The zero-order valence-electron chi connectivity index (χ0n) is 17.0.